The molecule has 0 saturated carbocycles. The topological polar surface area (TPSA) is 87.2 Å². The summed E-state index contributed by atoms with van der Waals surface area (Å²) in [5, 5.41) is 15.1. The number of nitrogens with one attached hydrogen (secondary N) is 2. The molecule has 9 heteroatoms. The number of hydrogen-bond donors (Lipinski definition) is 2. The summed E-state index contributed by atoms with van der Waals surface area (Å²) in [6.45, 7) is 3.44. The molecule has 32 heavy (non-hydrogen) atoms. The van der Waals surface area contributed by atoms with E-state index in [0.29, 0.717) is 24.8 Å². The SMILES string of the molecule is CCCCNC(=O)N(CCC(=O)Nc1nnc(-c2cccc(Br)c2)s1)Cc1ccccc1. The molecule has 3 amide bonds. The van der Waals surface area contributed by atoms with Crippen molar-refractivity contribution in [3.8, 4) is 10.6 Å². The lowest BCUT2D eigenvalue weighted by atomic mass is 10.2. The Kier molecular flexibility index (Phi) is 9.18. The second-order valence-electron chi connectivity index (χ2n) is 7.21. The number of benzene rings is 2. The van der Waals surface area contributed by atoms with Gasteiger partial charge in [-0.15, -0.1) is 10.2 Å². The van der Waals surface area contributed by atoms with Crippen LogP contribution in [0.25, 0.3) is 10.6 Å². The van der Waals surface area contributed by atoms with Gasteiger partial charge in [0.25, 0.3) is 0 Å². The summed E-state index contributed by atoms with van der Waals surface area (Å²) < 4.78 is 0.950. The number of unbranched alkanes of at least 4 members (excludes halogenated alkanes) is 1. The summed E-state index contributed by atoms with van der Waals surface area (Å²) in [6, 6.07) is 17.3. The van der Waals surface area contributed by atoms with Crippen LogP contribution in [0.3, 0.4) is 0 Å². The van der Waals surface area contributed by atoms with Crippen LogP contribution in [0.5, 0.6) is 0 Å². The third kappa shape index (κ3) is 7.42. The Labute approximate surface area is 200 Å². The van der Waals surface area contributed by atoms with E-state index in [2.05, 4.69) is 43.7 Å². The zero-order valence-electron chi connectivity index (χ0n) is 17.9. The smallest absolute Gasteiger partial charge is 0.317 e. The fraction of sp³-hybridized carbons (Fsp3) is 0.304. The van der Waals surface area contributed by atoms with Crippen LogP contribution in [-0.4, -0.2) is 40.1 Å². The molecular weight excluding hydrogens is 490 g/mol. The number of nitrogens with zero attached hydrogens (tertiary/aromatic N) is 3. The lowest BCUT2D eigenvalue weighted by molar-refractivity contribution is -0.116. The summed E-state index contributed by atoms with van der Waals surface area (Å²) in [5.74, 6) is -0.207. The minimum absolute atomic E-state index is 0.164. The van der Waals surface area contributed by atoms with Crippen molar-refractivity contribution < 1.29 is 9.59 Å². The van der Waals surface area contributed by atoms with E-state index in [4.69, 9.17) is 0 Å². The second-order valence-corrected chi connectivity index (χ2v) is 9.11. The van der Waals surface area contributed by atoms with E-state index in [-0.39, 0.29) is 18.4 Å². The molecule has 0 fully saturated rings. The van der Waals surface area contributed by atoms with Crippen LogP contribution in [0.2, 0.25) is 0 Å². The van der Waals surface area contributed by atoms with Gasteiger partial charge in [0.05, 0.1) is 0 Å². The van der Waals surface area contributed by atoms with Crippen molar-refractivity contribution in [3.05, 3.63) is 64.6 Å². The first-order chi connectivity index (χ1) is 15.5. The van der Waals surface area contributed by atoms with Crippen molar-refractivity contribution in [3.63, 3.8) is 0 Å². The molecule has 0 bridgehead atoms. The molecule has 7 nitrogen and oxygen atoms in total. The average Bonchev–Trinajstić information content (AvgIpc) is 3.26. The third-order valence-electron chi connectivity index (χ3n) is 4.66. The van der Waals surface area contributed by atoms with E-state index in [1.807, 2.05) is 54.6 Å². The molecule has 0 spiro atoms. The quantitative estimate of drug-likeness (QED) is 0.358. The fourth-order valence-corrected chi connectivity index (χ4v) is 4.13. The molecule has 1 heterocycles. The van der Waals surface area contributed by atoms with E-state index < -0.39 is 0 Å². The Hall–Kier alpha value is -2.78. The lowest BCUT2D eigenvalue weighted by Crippen LogP contribution is -2.41. The number of halogens is 1. The largest absolute Gasteiger partial charge is 0.338 e. The fourth-order valence-electron chi connectivity index (χ4n) is 2.97. The predicted octanol–water partition coefficient (Wildman–Crippen LogP) is 5.31. The van der Waals surface area contributed by atoms with Gasteiger partial charge in [-0.1, -0.05) is 83.1 Å². The Bertz CT molecular complexity index is 1030. The molecule has 3 rings (SSSR count). The summed E-state index contributed by atoms with van der Waals surface area (Å²) in [6.07, 6.45) is 2.09. The van der Waals surface area contributed by atoms with E-state index in [1.165, 1.54) is 11.3 Å². The van der Waals surface area contributed by atoms with Crippen molar-refractivity contribution in [1.29, 1.82) is 0 Å². The average molecular weight is 516 g/mol. The molecule has 168 valence electrons. The molecule has 0 aliphatic rings. The monoisotopic (exact) mass is 515 g/mol. The number of carbonyl (C=O) groups excluding carboxylic acids is 2. The molecule has 0 radical (unpaired) electrons. The van der Waals surface area contributed by atoms with Gasteiger partial charge < -0.3 is 15.5 Å². The molecule has 0 unspecified atom stereocenters. The Morgan fingerprint density at radius 1 is 1.09 bits per heavy atom. The van der Waals surface area contributed by atoms with Gasteiger partial charge >= 0.3 is 6.03 Å². The highest BCUT2D eigenvalue weighted by Crippen LogP contribution is 2.28. The molecule has 3 aromatic rings. The number of aromatic nitrogens is 2. The Morgan fingerprint density at radius 3 is 2.66 bits per heavy atom. The van der Waals surface area contributed by atoms with Crippen LogP contribution in [0, 0.1) is 0 Å². The van der Waals surface area contributed by atoms with Crippen molar-refractivity contribution >= 4 is 44.3 Å². The van der Waals surface area contributed by atoms with E-state index >= 15 is 0 Å². The summed E-state index contributed by atoms with van der Waals surface area (Å²) in [7, 11) is 0. The first kappa shape index (κ1) is 23.9. The third-order valence-corrected chi connectivity index (χ3v) is 6.04. The van der Waals surface area contributed by atoms with Gasteiger partial charge in [0.1, 0.15) is 5.01 Å². The minimum atomic E-state index is -0.207. The molecule has 0 aliphatic heterocycles. The number of rotatable bonds is 10. The molecule has 0 aliphatic carbocycles. The van der Waals surface area contributed by atoms with Crippen molar-refractivity contribution in [2.24, 2.45) is 0 Å². The van der Waals surface area contributed by atoms with Crippen LogP contribution < -0.4 is 10.6 Å². The first-order valence-corrected chi connectivity index (χ1v) is 12.1. The van der Waals surface area contributed by atoms with Crippen LogP contribution >= 0.6 is 27.3 Å². The van der Waals surface area contributed by atoms with Crippen LogP contribution in [0.15, 0.2) is 59.1 Å². The standard InChI is InChI=1S/C23H26BrN5O2S/c1-2-3-13-25-23(31)29(16-17-8-5-4-6-9-17)14-12-20(30)26-22-28-27-21(32-22)18-10-7-11-19(24)15-18/h4-11,15H,2-3,12-14,16H2,1H3,(H,25,31)(H,26,28,30). The van der Waals surface area contributed by atoms with E-state index in [0.717, 1.165) is 33.4 Å². The Balaban J connectivity index is 1.57. The van der Waals surface area contributed by atoms with Crippen LogP contribution in [0.4, 0.5) is 9.93 Å². The van der Waals surface area contributed by atoms with Gasteiger partial charge in [0.15, 0.2) is 0 Å². The second kappa shape index (κ2) is 12.3. The van der Waals surface area contributed by atoms with Gasteiger partial charge in [0, 0.05) is 36.1 Å². The number of carbonyl (C=O) groups is 2. The first-order valence-electron chi connectivity index (χ1n) is 10.5. The van der Waals surface area contributed by atoms with Gasteiger partial charge in [-0.05, 0) is 24.1 Å². The highest BCUT2D eigenvalue weighted by Gasteiger charge is 2.16. The Morgan fingerprint density at radius 2 is 1.91 bits per heavy atom. The van der Waals surface area contributed by atoms with Crippen molar-refractivity contribution in [1.82, 2.24) is 20.4 Å². The number of amides is 3. The van der Waals surface area contributed by atoms with Gasteiger partial charge in [-0.2, -0.15) is 0 Å². The maximum absolute atomic E-state index is 12.6. The van der Waals surface area contributed by atoms with Crippen molar-refractivity contribution in [2.75, 3.05) is 18.4 Å². The summed E-state index contributed by atoms with van der Waals surface area (Å²) in [5.41, 5.74) is 1.94. The predicted molar refractivity (Wildman–Crippen MR) is 131 cm³/mol. The number of anilines is 1. The molecular formula is C23H26BrN5O2S. The van der Waals surface area contributed by atoms with Crippen LogP contribution in [-0.2, 0) is 11.3 Å². The molecule has 0 atom stereocenters. The van der Waals surface area contributed by atoms with Gasteiger partial charge in [0.2, 0.25) is 11.0 Å². The molecule has 0 saturated heterocycles. The van der Waals surface area contributed by atoms with Gasteiger partial charge in [-0.25, -0.2) is 4.79 Å². The molecule has 1 aromatic heterocycles. The zero-order chi connectivity index (χ0) is 22.8. The maximum atomic E-state index is 12.6. The summed E-state index contributed by atoms with van der Waals surface area (Å²) >= 11 is 4.76. The van der Waals surface area contributed by atoms with Gasteiger partial charge in [-0.3, -0.25) is 4.79 Å². The molecule has 2 N–H and O–H groups in total. The van der Waals surface area contributed by atoms with Crippen LogP contribution in [0.1, 0.15) is 31.7 Å². The number of hydrogen-bond acceptors (Lipinski definition) is 5. The molecule has 2 aromatic carbocycles. The maximum Gasteiger partial charge on any atom is 0.317 e. The number of urea groups is 1. The van der Waals surface area contributed by atoms with E-state index in [9.17, 15) is 9.59 Å². The van der Waals surface area contributed by atoms with E-state index in [1.54, 1.807) is 4.90 Å². The highest BCUT2D eigenvalue weighted by molar-refractivity contribution is 9.10. The zero-order valence-corrected chi connectivity index (χ0v) is 20.3. The highest BCUT2D eigenvalue weighted by atomic mass is 79.9. The summed E-state index contributed by atoms with van der Waals surface area (Å²) in [4.78, 5) is 26.8. The minimum Gasteiger partial charge on any atom is -0.338 e. The normalized spacial score (nSPS) is 10.6. The van der Waals surface area contributed by atoms with Crippen molar-refractivity contribution in [2.45, 2.75) is 32.7 Å². The lowest BCUT2D eigenvalue weighted by Gasteiger charge is -2.23.